The van der Waals surface area contributed by atoms with Gasteiger partial charge in [-0.3, -0.25) is 9.59 Å². The lowest BCUT2D eigenvalue weighted by Crippen LogP contribution is -2.32. The van der Waals surface area contributed by atoms with E-state index in [0.717, 1.165) is 5.56 Å². The molecular weight excluding hydrogens is 358 g/mol. The highest BCUT2D eigenvalue weighted by molar-refractivity contribution is 6.39. The number of halogens is 1. The highest BCUT2D eigenvalue weighted by Crippen LogP contribution is 2.26. The molecule has 2 rings (SSSR count). The molecule has 26 heavy (non-hydrogen) atoms. The summed E-state index contributed by atoms with van der Waals surface area (Å²) in [5.41, 5.74) is 4.07. The molecular formula is C18H18ClN3O4. The Labute approximate surface area is 155 Å². The fraction of sp³-hybridized carbons (Fsp3) is 0.167. The van der Waals surface area contributed by atoms with Crippen LogP contribution in [0.1, 0.15) is 11.1 Å². The topological polar surface area (TPSA) is 89.0 Å². The van der Waals surface area contributed by atoms with Gasteiger partial charge in [0.1, 0.15) is 0 Å². The number of amides is 2. The minimum absolute atomic E-state index is 0.499. The van der Waals surface area contributed by atoms with Crippen LogP contribution in [-0.2, 0) is 9.59 Å². The summed E-state index contributed by atoms with van der Waals surface area (Å²) in [7, 11) is 3.05. The monoisotopic (exact) mass is 375 g/mol. The maximum absolute atomic E-state index is 11.9. The van der Waals surface area contributed by atoms with Crippen molar-refractivity contribution in [2.75, 3.05) is 19.5 Å². The second kappa shape index (κ2) is 8.87. The number of rotatable bonds is 5. The van der Waals surface area contributed by atoms with E-state index in [2.05, 4.69) is 15.8 Å². The number of methoxy groups -OCH3 is 2. The summed E-state index contributed by atoms with van der Waals surface area (Å²) in [5, 5.41) is 6.81. The lowest BCUT2D eigenvalue weighted by atomic mass is 10.2. The predicted molar refractivity (Wildman–Crippen MR) is 100 cm³/mol. The number of carbonyl (C=O) groups excluding carboxylic acids is 2. The van der Waals surface area contributed by atoms with Crippen LogP contribution in [0.15, 0.2) is 41.5 Å². The van der Waals surface area contributed by atoms with Gasteiger partial charge in [0.25, 0.3) is 0 Å². The van der Waals surface area contributed by atoms with E-state index in [1.54, 1.807) is 43.3 Å². The Morgan fingerprint density at radius 2 is 1.77 bits per heavy atom. The van der Waals surface area contributed by atoms with E-state index >= 15 is 0 Å². The van der Waals surface area contributed by atoms with Gasteiger partial charge in [-0.15, -0.1) is 0 Å². The van der Waals surface area contributed by atoms with Gasteiger partial charge in [-0.05, 0) is 54.4 Å². The van der Waals surface area contributed by atoms with E-state index in [0.29, 0.717) is 27.8 Å². The molecule has 8 heteroatoms. The van der Waals surface area contributed by atoms with Crippen molar-refractivity contribution in [2.45, 2.75) is 6.92 Å². The lowest BCUT2D eigenvalue weighted by molar-refractivity contribution is -0.136. The fourth-order valence-corrected chi connectivity index (χ4v) is 2.32. The lowest BCUT2D eigenvalue weighted by Gasteiger charge is -2.08. The van der Waals surface area contributed by atoms with Crippen LogP contribution in [0.3, 0.4) is 0 Å². The number of hydrogen-bond acceptors (Lipinski definition) is 5. The van der Waals surface area contributed by atoms with E-state index in [1.165, 1.54) is 20.4 Å². The molecule has 0 unspecified atom stereocenters. The summed E-state index contributed by atoms with van der Waals surface area (Å²) in [6.07, 6.45) is 1.39. The van der Waals surface area contributed by atoms with Crippen LogP contribution in [0, 0.1) is 6.92 Å². The van der Waals surface area contributed by atoms with Gasteiger partial charge in [0.2, 0.25) is 0 Å². The summed E-state index contributed by atoms with van der Waals surface area (Å²) in [5.74, 6) is -0.624. The first-order chi connectivity index (χ1) is 12.4. The zero-order valence-corrected chi connectivity index (χ0v) is 15.3. The summed E-state index contributed by atoms with van der Waals surface area (Å²) in [6.45, 7) is 1.77. The van der Waals surface area contributed by atoms with E-state index in [-0.39, 0.29) is 0 Å². The van der Waals surface area contributed by atoms with Gasteiger partial charge in [-0.2, -0.15) is 5.10 Å². The number of benzene rings is 2. The number of nitrogens with one attached hydrogen (secondary N) is 2. The zero-order chi connectivity index (χ0) is 19.1. The smallest absolute Gasteiger partial charge is 0.329 e. The standard InChI is InChI=1S/C18H18ClN3O4/c1-11-8-13(19)5-6-14(11)21-17(23)18(24)22-20-10-12-4-7-15(25-2)16(9-12)26-3/h4-10H,1-3H3,(H,21,23)(H,22,24)/b20-10-. The number of nitrogens with zero attached hydrogens (tertiary/aromatic N) is 1. The van der Waals surface area contributed by atoms with Gasteiger partial charge in [-0.25, -0.2) is 5.43 Å². The molecule has 0 aromatic heterocycles. The van der Waals surface area contributed by atoms with Gasteiger partial charge >= 0.3 is 11.8 Å². The minimum Gasteiger partial charge on any atom is -0.493 e. The number of anilines is 1. The first kappa shape index (κ1) is 19.3. The Hall–Kier alpha value is -3.06. The van der Waals surface area contributed by atoms with Crippen molar-refractivity contribution >= 4 is 35.3 Å². The number of hydrazone groups is 1. The maximum atomic E-state index is 11.9. The van der Waals surface area contributed by atoms with E-state index in [9.17, 15) is 9.59 Å². The second-order valence-corrected chi connectivity index (χ2v) is 5.66. The first-order valence-electron chi connectivity index (χ1n) is 7.57. The average molecular weight is 376 g/mol. The van der Waals surface area contributed by atoms with Crippen molar-refractivity contribution in [3.8, 4) is 11.5 Å². The normalized spacial score (nSPS) is 10.5. The molecule has 2 aromatic rings. The molecule has 136 valence electrons. The molecule has 0 bridgehead atoms. The van der Waals surface area contributed by atoms with Crippen LogP contribution >= 0.6 is 11.6 Å². The van der Waals surface area contributed by atoms with Crippen LogP contribution in [0.2, 0.25) is 5.02 Å². The van der Waals surface area contributed by atoms with Gasteiger partial charge in [-0.1, -0.05) is 11.6 Å². The summed E-state index contributed by atoms with van der Waals surface area (Å²) in [6, 6.07) is 10.1. The third kappa shape index (κ3) is 4.97. The van der Waals surface area contributed by atoms with Crippen molar-refractivity contribution in [1.29, 1.82) is 0 Å². The molecule has 7 nitrogen and oxygen atoms in total. The summed E-state index contributed by atoms with van der Waals surface area (Å²) < 4.78 is 10.3. The molecule has 2 N–H and O–H groups in total. The van der Waals surface area contributed by atoms with Gasteiger partial charge in [0, 0.05) is 10.7 Å². The van der Waals surface area contributed by atoms with Gasteiger partial charge in [0.05, 0.1) is 20.4 Å². The molecule has 2 aromatic carbocycles. The molecule has 0 heterocycles. The number of hydrogen-bond donors (Lipinski definition) is 2. The molecule has 0 saturated carbocycles. The molecule has 0 aliphatic rings. The van der Waals surface area contributed by atoms with Crippen LogP contribution < -0.4 is 20.2 Å². The maximum Gasteiger partial charge on any atom is 0.329 e. The van der Waals surface area contributed by atoms with Crippen molar-refractivity contribution in [3.63, 3.8) is 0 Å². The van der Waals surface area contributed by atoms with Crippen molar-refractivity contribution < 1.29 is 19.1 Å². The van der Waals surface area contributed by atoms with Crippen LogP contribution in [0.4, 0.5) is 5.69 Å². The Bertz CT molecular complexity index is 852. The highest BCUT2D eigenvalue weighted by Gasteiger charge is 2.14. The third-order valence-corrected chi connectivity index (χ3v) is 3.67. The van der Waals surface area contributed by atoms with E-state index in [4.69, 9.17) is 21.1 Å². The zero-order valence-electron chi connectivity index (χ0n) is 14.5. The second-order valence-electron chi connectivity index (χ2n) is 5.23. The fourth-order valence-electron chi connectivity index (χ4n) is 2.10. The first-order valence-corrected chi connectivity index (χ1v) is 7.95. The van der Waals surface area contributed by atoms with Gasteiger partial charge < -0.3 is 14.8 Å². The molecule has 0 aliphatic carbocycles. The Morgan fingerprint density at radius 1 is 1.04 bits per heavy atom. The van der Waals surface area contributed by atoms with Crippen LogP contribution in [0.5, 0.6) is 11.5 Å². The van der Waals surface area contributed by atoms with Crippen LogP contribution in [0.25, 0.3) is 0 Å². The Kier molecular flexibility index (Phi) is 6.57. The molecule has 2 amide bonds. The molecule has 0 atom stereocenters. The van der Waals surface area contributed by atoms with Crippen LogP contribution in [-0.4, -0.2) is 32.2 Å². The molecule has 0 fully saturated rings. The van der Waals surface area contributed by atoms with E-state index in [1.807, 2.05) is 0 Å². The predicted octanol–water partition coefficient (Wildman–Crippen LogP) is 2.75. The molecule has 0 saturated heterocycles. The quantitative estimate of drug-likeness (QED) is 0.477. The van der Waals surface area contributed by atoms with Crippen molar-refractivity contribution in [2.24, 2.45) is 5.10 Å². The average Bonchev–Trinajstić information content (AvgIpc) is 2.63. The Morgan fingerprint density at radius 3 is 2.42 bits per heavy atom. The van der Waals surface area contributed by atoms with E-state index < -0.39 is 11.8 Å². The number of ether oxygens (including phenoxy) is 2. The largest absolute Gasteiger partial charge is 0.493 e. The molecule has 0 aliphatic heterocycles. The Balaban J connectivity index is 1.97. The van der Waals surface area contributed by atoms with Gasteiger partial charge in [0.15, 0.2) is 11.5 Å². The van der Waals surface area contributed by atoms with Crippen molar-refractivity contribution in [1.82, 2.24) is 5.43 Å². The third-order valence-electron chi connectivity index (χ3n) is 3.43. The minimum atomic E-state index is -0.893. The summed E-state index contributed by atoms with van der Waals surface area (Å²) in [4.78, 5) is 23.7. The molecule has 0 spiro atoms. The summed E-state index contributed by atoms with van der Waals surface area (Å²) >= 11 is 5.86. The van der Waals surface area contributed by atoms with Crippen molar-refractivity contribution in [3.05, 3.63) is 52.5 Å². The number of carbonyl (C=O) groups is 2. The number of aryl methyl sites for hydroxylation is 1. The SMILES string of the molecule is COc1ccc(/C=N\NC(=O)C(=O)Nc2ccc(Cl)cc2C)cc1OC. The highest BCUT2D eigenvalue weighted by atomic mass is 35.5. The molecule has 0 radical (unpaired) electrons.